The SMILES string of the molecule is O=C(Nc1cc(F)cc(Cl)c1)Nc1cc(F)nc(F)c1. The molecule has 0 saturated carbocycles. The highest BCUT2D eigenvalue weighted by Crippen LogP contribution is 2.18. The van der Waals surface area contributed by atoms with Gasteiger partial charge in [-0.2, -0.15) is 13.8 Å². The zero-order chi connectivity index (χ0) is 14.7. The Balaban J connectivity index is 2.08. The minimum Gasteiger partial charge on any atom is -0.308 e. The Morgan fingerprint density at radius 1 is 0.950 bits per heavy atom. The number of carbonyl (C=O) groups is 1. The van der Waals surface area contributed by atoms with E-state index in [0.29, 0.717) is 0 Å². The number of carbonyl (C=O) groups excluding carboxylic acids is 1. The van der Waals surface area contributed by atoms with E-state index in [4.69, 9.17) is 11.6 Å². The van der Waals surface area contributed by atoms with Crippen molar-refractivity contribution in [1.29, 1.82) is 0 Å². The van der Waals surface area contributed by atoms with E-state index in [2.05, 4.69) is 15.6 Å². The lowest BCUT2D eigenvalue weighted by molar-refractivity contribution is 0.262. The first-order chi connectivity index (χ1) is 9.42. The number of amides is 2. The number of halogens is 4. The quantitative estimate of drug-likeness (QED) is 0.829. The second-order valence-corrected chi connectivity index (χ2v) is 4.17. The summed E-state index contributed by atoms with van der Waals surface area (Å²) in [6.07, 6.45) is 0. The summed E-state index contributed by atoms with van der Waals surface area (Å²) in [5.74, 6) is -2.78. The number of aromatic nitrogens is 1. The van der Waals surface area contributed by atoms with Crippen LogP contribution in [0, 0.1) is 17.7 Å². The van der Waals surface area contributed by atoms with E-state index in [1.165, 1.54) is 6.07 Å². The molecule has 4 nitrogen and oxygen atoms in total. The van der Waals surface area contributed by atoms with Gasteiger partial charge < -0.3 is 10.6 Å². The van der Waals surface area contributed by atoms with Gasteiger partial charge in [0.2, 0.25) is 11.9 Å². The highest BCUT2D eigenvalue weighted by Gasteiger charge is 2.07. The van der Waals surface area contributed by atoms with E-state index in [1.54, 1.807) is 0 Å². The van der Waals surface area contributed by atoms with E-state index in [0.717, 1.165) is 24.3 Å². The number of urea groups is 1. The molecule has 20 heavy (non-hydrogen) atoms. The monoisotopic (exact) mass is 301 g/mol. The van der Waals surface area contributed by atoms with Crippen LogP contribution in [0.5, 0.6) is 0 Å². The maximum atomic E-state index is 13.0. The molecule has 0 aliphatic heterocycles. The van der Waals surface area contributed by atoms with Crippen molar-refractivity contribution >= 4 is 29.0 Å². The first kappa shape index (κ1) is 14.1. The summed E-state index contributed by atoms with van der Waals surface area (Å²) >= 11 is 5.62. The smallest absolute Gasteiger partial charge is 0.308 e. The molecule has 0 unspecified atom stereocenters. The topological polar surface area (TPSA) is 54.0 Å². The maximum absolute atomic E-state index is 13.0. The maximum Gasteiger partial charge on any atom is 0.323 e. The standard InChI is InChI=1S/C12H7ClF3N3O/c13-6-1-7(14)3-8(2-6)17-12(20)18-9-4-10(15)19-11(16)5-9/h1-5H,(H2,17,18,19,20). The third kappa shape index (κ3) is 3.86. The fourth-order valence-corrected chi connectivity index (χ4v) is 1.68. The van der Waals surface area contributed by atoms with Crippen molar-refractivity contribution in [1.82, 2.24) is 4.98 Å². The molecule has 1 aromatic heterocycles. The minimum atomic E-state index is -1.07. The molecule has 2 rings (SSSR count). The van der Waals surface area contributed by atoms with Crippen LogP contribution in [0.2, 0.25) is 5.02 Å². The molecule has 1 aromatic carbocycles. The summed E-state index contributed by atoms with van der Waals surface area (Å²) in [4.78, 5) is 14.5. The predicted molar refractivity (Wildman–Crippen MR) is 68.2 cm³/mol. The Kier molecular flexibility index (Phi) is 4.09. The fraction of sp³-hybridized carbons (Fsp3) is 0. The number of rotatable bonds is 2. The molecule has 0 radical (unpaired) electrons. The lowest BCUT2D eigenvalue weighted by atomic mass is 10.3. The Morgan fingerprint density at radius 2 is 1.50 bits per heavy atom. The third-order valence-electron chi connectivity index (χ3n) is 2.14. The van der Waals surface area contributed by atoms with E-state index in [9.17, 15) is 18.0 Å². The van der Waals surface area contributed by atoms with Crippen molar-refractivity contribution in [2.45, 2.75) is 0 Å². The van der Waals surface area contributed by atoms with Crippen LogP contribution in [0.25, 0.3) is 0 Å². The molecule has 0 atom stereocenters. The van der Waals surface area contributed by atoms with Crippen LogP contribution in [0.3, 0.4) is 0 Å². The number of nitrogens with one attached hydrogen (secondary N) is 2. The summed E-state index contributed by atoms with van der Waals surface area (Å²) < 4.78 is 38.7. The zero-order valence-corrected chi connectivity index (χ0v) is 10.5. The normalized spacial score (nSPS) is 10.2. The van der Waals surface area contributed by atoms with Crippen LogP contribution >= 0.6 is 11.6 Å². The summed E-state index contributed by atoms with van der Waals surface area (Å²) in [6, 6.07) is 4.29. The second-order valence-electron chi connectivity index (χ2n) is 3.74. The first-order valence-electron chi connectivity index (χ1n) is 5.29. The average molecular weight is 302 g/mol. The van der Waals surface area contributed by atoms with Gasteiger partial charge in [-0.1, -0.05) is 11.6 Å². The highest BCUT2D eigenvalue weighted by atomic mass is 35.5. The van der Waals surface area contributed by atoms with Gasteiger partial charge in [0.15, 0.2) is 0 Å². The van der Waals surface area contributed by atoms with E-state index >= 15 is 0 Å². The molecule has 2 N–H and O–H groups in total. The zero-order valence-electron chi connectivity index (χ0n) is 9.75. The van der Waals surface area contributed by atoms with Crippen LogP contribution < -0.4 is 10.6 Å². The van der Waals surface area contributed by atoms with Crippen LogP contribution in [0.15, 0.2) is 30.3 Å². The van der Waals surface area contributed by atoms with E-state index in [-0.39, 0.29) is 16.4 Å². The Bertz CT molecular complexity index is 570. The van der Waals surface area contributed by atoms with E-state index in [1.807, 2.05) is 0 Å². The molecular formula is C12H7ClF3N3O. The molecule has 1 heterocycles. The van der Waals surface area contributed by atoms with Crippen LogP contribution in [-0.2, 0) is 0 Å². The van der Waals surface area contributed by atoms with Gasteiger partial charge in [0.05, 0.1) is 5.69 Å². The van der Waals surface area contributed by atoms with E-state index < -0.39 is 23.7 Å². The summed E-state index contributed by atoms with van der Waals surface area (Å²) in [6.45, 7) is 0. The number of hydrogen-bond acceptors (Lipinski definition) is 2. The van der Waals surface area contributed by atoms with Crippen LogP contribution in [0.1, 0.15) is 0 Å². The molecule has 2 aromatic rings. The van der Waals surface area contributed by atoms with Gasteiger partial charge in [0, 0.05) is 22.8 Å². The summed E-state index contributed by atoms with van der Waals surface area (Å²) in [7, 11) is 0. The molecule has 0 fully saturated rings. The third-order valence-corrected chi connectivity index (χ3v) is 2.36. The second kappa shape index (κ2) is 5.79. The minimum absolute atomic E-state index is 0.0984. The molecule has 0 spiro atoms. The number of hydrogen-bond donors (Lipinski definition) is 2. The molecule has 0 aliphatic carbocycles. The van der Waals surface area contributed by atoms with Gasteiger partial charge in [0.1, 0.15) is 5.82 Å². The lowest BCUT2D eigenvalue weighted by Gasteiger charge is -2.08. The van der Waals surface area contributed by atoms with Gasteiger partial charge in [-0.05, 0) is 18.2 Å². The Hall–Kier alpha value is -2.28. The lowest BCUT2D eigenvalue weighted by Crippen LogP contribution is -2.19. The number of anilines is 2. The average Bonchev–Trinajstić information content (AvgIpc) is 2.24. The number of benzene rings is 1. The van der Waals surface area contributed by atoms with Crippen molar-refractivity contribution < 1.29 is 18.0 Å². The Labute approximate surface area is 116 Å². The number of nitrogens with zero attached hydrogens (tertiary/aromatic N) is 1. The Morgan fingerprint density at radius 3 is 2.05 bits per heavy atom. The predicted octanol–water partition coefficient (Wildman–Crippen LogP) is 3.80. The fourth-order valence-electron chi connectivity index (χ4n) is 1.46. The first-order valence-corrected chi connectivity index (χ1v) is 5.67. The van der Waals surface area contributed by atoms with Crippen molar-refractivity contribution in [3.8, 4) is 0 Å². The molecule has 2 amide bonds. The van der Waals surface area contributed by atoms with Gasteiger partial charge >= 0.3 is 6.03 Å². The molecule has 8 heteroatoms. The molecule has 0 bridgehead atoms. The summed E-state index contributed by atoms with van der Waals surface area (Å²) in [5.41, 5.74) is -0.0301. The van der Waals surface area contributed by atoms with Crippen molar-refractivity contribution in [2.24, 2.45) is 0 Å². The molecule has 0 aliphatic rings. The van der Waals surface area contributed by atoms with Crippen molar-refractivity contribution in [3.05, 3.63) is 53.1 Å². The number of pyridine rings is 1. The van der Waals surface area contributed by atoms with Crippen LogP contribution in [0.4, 0.5) is 29.3 Å². The van der Waals surface area contributed by atoms with Gasteiger partial charge in [-0.15, -0.1) is 0 Å². The van der Waals surface area contributed by atoms with Gasteiger partial charge in [-0.3, -0.25) is 0 Å². The van der Waals surface area contributed by atoms with Gasteiger partial charge in [-0.25, -0.2) is 9.18 Å². The largest absolute Gasteiger partial charge is 0.323 e. The summed E-state index contributed by atoms with van der Waals surface area (Å²) in [5, 5.41) is 4.55. The van der Waals surface area contributed by atoms with Crippen molar-refractivity contribution in [2.75, 3.05) is 10.6 Å². The molecular weight excluding hydrogens is 295 g/mol. The molecule has 0 saturated heterocycles. The van der Waals surface area contributed by atoms with Crippen molar-refractivity contribution in [3.63, 3.8) is 0 Å². The van der Waals surface area contributed by atoms with Gasteiger partial charge in [0.25, 0.3) is 0 Å². The highest BCUT2D eigenvalue weighted by molar-refractivity contribution is 6.30. The molecule has 104 valence electrons. The van der Waals surface area contributed by atoms with Crippen LogP contribution in [-0.4, -0.2) is 11.0 Å².